The number of carbonyl (C=O) groups excluding carboxylic acids is 1. The van der Waals surface area contributed by atoms with Crippen LogP contribution in [0, 0.1) is 11.7 Å². The van der Waals surface area contributed by atoms with E-state index in [1.165, 1.54) is 18.2 Å². The van der Waals surface area contributed by atoms with E-state index in [2.05, 4.69) is 13.8 Å². The number of likely N-dealkylation sites (tertiary alicyclic amines) is 1. The molecule has 1 aliphatic rings. The molecule has 1 saturated heterocycles. The Labute approximate surface area is 106 Å². The maximum atomic E-state index is 13.7. The molecule has 0 saturated carbocycles. The quantitative estimate of drug-likeness (QED) is 0.878. The Balaban J connectivity index is 2.31. The van der Waals surface area contributed by atoms with E-state index in [9.17, 15) is 14.3 Å². The number of phenols is 1. The molecule has 1 amide bonds. The fourth-order valence-electron chi connectivity index (χ4n) is 2.61. The Hall–Kier alpha value is -1.58. The molecule has 0 spiro atoms. The van der Waals surface area contributed by atoms with Crippen molar-refractivity contribution in [3.63, 3.8) is 0 Å². The van der Waals surface area contributed by atoms with E-state index >= 15 is 0 Å². The van der Waals surface area contributed by atoms with Crippen LogP contribution >= 0.6 is 0 Å². The third kappa shape index (κ3) is 2.19. The molecule has 98 valence electrons. The highest BCUT2D eigenvalue weighted by molar-refractivity contribution is 5.97. The smallest absolute Gasteiger partial charge is 0.260 e. The summed E-state index contributed by atoms with van der Waals surface area (Å²) in [5.74, 6) is -1.00. The first-order valence-corrected chi connectivity index (χ1v) is 6.31. The highest BCUT2D eigenvalue weighted by Crippen LogP contribution is 2.29. The average Bonchev–Trinajstić information content (AvgIpc) is 2.77. The summed E-state index contributed by atoms with van der Waals surface area (Å²) in [6, 6.07) is 4.08. The summed E-state index contributed by atoms with van der Waals surface area (Å²) >= 11 is 0. The number of amides is 1. The Morgan fingerprint density at radius 2 is 2.22 bits per heavy atom. The second kappa shape index (κ2) is 4.96. The molecule has 1 fully saturated rings. The number of aromatic hydroxyl groups is 1. The molecule has 1 aromatic rings. The van der Waals surface area contributed by atoms with Crippen LogP contribution in [0.2, 0.25) is 0 Å². The summed E-state index contributed by atoms with van der Waals surface area (Å²) in [5, 5.41) is 9.66. The van der Waals surface area contributed by atoms with Crippen molar-refractivity contribution >= 4 is 5.91 Å². The maximum Gasteiger partial charge on any atom is 0.260 e. The van der Waals surface area contributed by atoms with Gasteiger partial charge in [-0.2, -0.15) is 0 Å². The van der Waals surface area contributed by atoms with Gasteiger partial charge in [-0.1, -0.05) is 19.9 Å². The van der Waals surface area contributed by atoms with Gasteiger partial charge in [0, 0.05) is 12.6 Å². The Morgan fingerprint density at radius 1 is 1.50 bits per heavy atom. The number of phenolic OH excluding ortho intramolecular Hbond substituents is 1. The van der Waals surface area contributed by atoms with E-state index in [0.717, 1.165) is 12.8 Å². The summed E-state index contributed by atoms with van der Waals surface area (Å²) in [4.78, 5) is 14.0. The van der Waals surface area contributed by atoms with Crippen LogP contribution < -0.4 is 0 Å². The lowest BCUT2D eigenvalue weighted by Crippen LogP contribution is -2.38. The van der Waals surface area contributed by atoms with E-state index < -0.39 is 11.7 Å². The molecule has 1 aliphatic heterocycles. The summed E-state index contributed by atoms with van der Waals surface area (Å²) in [7, 11) is 0. The van der Waals surface area contributed by atoms with Gasteiger partial charge < -0.3 is 10.0 Å². The molecule has 0 aliphatic carbocycles. The number of nitrogens with zero attached hydrogens (tertiary/aromatic N) is 1. The molecular weight excluding hydrogens is 233 g/mol. The molecule has 3 nitrogen and oxygen atoms in total. The molecule has 1 heterocycles. The highest BCUT2D eigenvalue weighted by atomic mass is 19.1. The number of hydrogen-bond donors (Lipinski definition) is 1. The largest absolute Gasteiger partial charge is 0.507 e. The third-order valence-corrected chi connectivity index (χ3v) is 3.54. The first kappa shape index (κ1) is 12.9. The molecule has 18 heavy (non-hydrogen) atoms. The molecular formula is C14H18FNO2. The summed E-state index contributed by atoms with van der Waals surface area (Å²) in [5.41, 5.74) is -0.204. The number of carbonyl (C=O) groups is 1. The molecule has 0 radical (unpaired) electrons. The van der Waals surface area contributed by atoms with Crippen molar-refractivity contribution in [3.8, 4) is 5.75 Å². The molecule has 1 atom stereocenters. The number of benzene rings is 1. The predicted octanol–water partition coefficient (Wildman–Crippen LogP) is 2.79. The first-order valence-electron chi connectivity index (χ1n) is 6.31. The van der Waals surface area contributed by atoms with Gasteiger partial charge in [0.05, 0.1) is 0 Å². The molecule has 1 N–H and O–H groups in total. The minimum atomic E-state index is -0.658. The molecule has 1 unspecified atom stereocenters. The standard InChI is InChI=1S/C14H18FNO2/c1-9(2)11-6-4-8-16(11)14(18)13-10(15)5-3-7-12(13)17/h3,5,7,9,11,17H,4,6,8H2,1-2H3. The van der Waals surface area contributed by atoms with Gasteiger partial charge in [-0.25, -0.2) is 4.39 Å². The number of rotatable bonds is 2. The minimum absolute atomic E-state index is 0.136. The Kier molecular flexibility index (Phi) is 3.55. The van der Waals surface area contributed by atoms with E-state index in [0.29, 0.717) is 12.5 Å². The number of hydrogen-bond acceptors (Lipinski definition) is 2. The molecule has 0 bridgehead atoms. The lowest BCUT2D eigenvalue weighted by atomic mass is 10.0. The van der Waals surface area contributed by atoms with Crippen LogP contribution in [0.15, 0.2) is 18.2 Å². The van der Waals surface area contributed by atoms with Crippen LogP contribution in [0.4, 0.5) is 4.39 Å². The molecule has 4 heteroatoms. The van der Waals surface area contributed by atoms with Gasteiger partial charge in [0.25, 0.3) is 5.91 Å². The van der Waals surface area contributed by atoms with Crippen LogP contribution in [-0.4, -0.2) is 28.5 Å². The fraction of sp³-hybridized carbons (Fsp3) is 0.500. The normalized spacial score (nSPS) is 19.6. The van der Waals surface area contributed by atoms with Crippen molar-refractivity contribution in [2.45, 2.75) is 32.7 Å². The predicted molar refractivity (Wildman–Crippen MR) is 67.0 cm³/mol. The zero-order valence-electron chi connectivity index (χ0n) is 10.7. The fourth-order valence-corrected chi connectivity index (χ4v) is 2.61. The van der Waals surface area contributed by atoms with Gasteiger partial charge in [-0.05, 0) is 30.9 Å². The zero-order valence-corrected chi connectivity index (χ0v) is 10.7. The van der Waals surface area contributed by atoms with Crippen molar-refractivity contribution in [2.24, 2.45) is 5.92 Å². The van der Waals surface area contributed by atoms with Crippen molar-refractivity contribution in [1.29, 1.82) is 0 Å². The van der Waals surface area contributed by atoms with Crippen LogP contribution in [0.5, 0.6) is 5.75 Å². The van der Waals surface area contributed by atoms with E-state index in [-0.39, 0.29) is 17.4 Å². The topological polar surface area (TPSA) is 40.5 Å². The van der Waals surface area contributed by atoms with Gasteiger partial charge in [-0.15, -0.1) is 0 Å². The van der Waals surface area contributed by atoms with Crippen LogP contribution in [0.25, 0.3) is 0 Å². The van der Waals surface area contributed by atoms with Crippen molar-refractivity contribution < 1.29 is 14.3 Å². The van der Waals surface area contributed by atoms with Gasteiger partial charge in [-0.3, -0.25) is 4.79 Å². The first-order chi connectivity index (χ1) is 8.52. The SMILES string of the molecule is CC(C)C1CCCN1C(=O)c1c(O)cccc1F. The highest BCUT2D eigenvalue weighted by Gasteiger charge is 2.33. The van der Waals surface area contributed by atoms with Crippen molar-refractivity contribution in [3.05, 3.63) is 29.6 Å². The van der Waals surface area contributed by atoms with Crippen LogP contribution in [-0.2, 0) is 0 Å². The third-order valence-electron chi connectivity index (χ3n) is 3.54. The summed E-state index contributed by atoms with van der Waals surface area (Å²) < 4.78 is 13.7. The monoisotopic (exact) mass is 251 g/mol. The molecule has 0 aromatic heterocycles. The van der Waals surface area contributed by atoms with Crippen LogP contribution in [0.3, 0.4) is 0 Å². The maximum absolute atomic E-state index is 13.7. The summed E-state index contributed by atoms with van der Waals surface area (Å²) in [6.07, 6.45) is 1.88. The van der Waals surface area contributed by atoms with Gasteiger partial charge in [0.1, 0.15) is 17.1 Å². The van der Waals surface area contributed by atoms with E-state index in [1.54, 1.807) is 4.90 Å². The van der Waals surface area contributed by atoms with E-state index in [1.807, 2.05) is 0 Å². The van der Waals surface area contributed by atoms with Crippen LogP contribution in [0.1, 0.15) is 37.0 Å². The second-order valence-corrected chi connectivity index (χ2v) is 5.09. The van der Waals surface area contributed by atoms with Crippen molar-refractivity contribution in [1.82, 2.24) is 4.90 Å². The van der Waals surface area contributed by atoms with Gasteiger partial charge in [0.2, 0.25) is 0 Å². The Morgan fingerprint density at radius 3 is 2.83 bits per heavy atom. The average molecular weight is 251 g/mol. The lowest BCUT2D eigenvalue weighted by molar-refractivity contribution is 0.0693. The Bertz CT molecular complexity index is 439. The summed E-state index contributed by atoms with van der Waals surface area (Å²) in [6.45, 7) is 4.74. The minimum Gasteiger partial charge on any atom is -0.507 e. The van der Waals surface area contributed by atoms with Gasteiger partial charge in [0.15, 0.2) is 0 Å². The van der Waals surface area contributed by atoms with E-state index in [4.69, 9.17) is 0 Å². The zero-order chi connectivity index (χ0) is 13.3. The van der Waals surface area contributed by atoms with Crippen molar-refractivity contribution in [2.75, 3.05) is 6.54 Å². The second-order valence-electron chi connectivity index (χ2n) is 5.09. The lowest BCUT2D eigenvalue weighted by Gasteiger charge is -2.28. The number of halogens is 1. The molecule has 2 rings (SSSR count). The molecule has 1 aromatic carbocycles. The van der Waals surface area contributed by atoms with Gasteiger partial charge >= 0.3 is 0 Å².